The van der Waals surface area contributed by atoms with E-state index in [2.05, 4.69) is 11.7 Å². The van der Waals surface area contributed by atoms with Crippen molar-refractivity contribution < 1.29 is 24.1 Å². The molecule has 0 heterocycles. The van der Waals surface area contributed by atoms with Crippen LogP contribution < -0.4 is 0 Å². The zero-order chi connectivity index (χ0) is 10.6. The van der Waals surface area contributed by atoms with E-state index in [1.807, 2.05) is 0 Å². The van der Waals surface area contributed by atoms with Crippen molar-refractivity contribution in [2.75, 3.05) is 33.0 Å². The summed E-state index contributed by atoms with van der Waals surface area (Å²) in [5.74, 6) is 0. The number of hydrogen-bond donors (Lipinski definition) is 1. The topological polar surface area (TPSA) is 65.0 Å². The van der Waals surface area contributed by atoms with Crippen molar-refractivity contribution >= 4 is 55.0 Å². The van der Waals surface area contributed by atoms with E-state index in [9.17, 15) is 4.79 Å². The Kier molecular flexibility index (Phi) is 17.8. The standard InChI is InChI=1S/C9H18O5.Ba.2H/c1-2-3-4-12-5-6-13-7-8-14-9(10)11;;;/h2-8H2,1H3,(H,10,11);;;. The molecule has 0 aromatic heterocycles. The molecule has 0 aliphatic heterocycles. The molecule has 1 N–H and O–H groups in total. The molecular formula is C9H20BaO5. The average molecular weight is 346 g/mol. The van der Waals surface area contributed by atoms with Crippen LogP contribution in [0.25, 0.3) is 0 Å². The fourth-order valence-electron chi connectivity index (χ4n) is 0.756. The Bertz CT molecular complexity index is 142. The molecule has 6 heteroatoms. The Morgan fingerprint density at radius 3 is 2.13 bits per heavy atom. The van der Waals surface area contributed by atoms with Crippen LogP contribution in [0.4, 0.5) is 4.79 Å². The van der Waals surface area contributed by atoms with Gasteiger partial charge in [0.25, 0.3) is 0 Å². The van der Waals surface area contributed by atoms with Crippen molar-refractivity contribution in [3.63, 3.8) is 0 Å². The van der Waals surface area contributed by atoms with Gasteiger partial charge in [0.15, 0.2) is 0 Å². The van der Waals surface area contributed by atoms with Crippen LogP contribution in [0, 0.1) is 0 Å². The Balaban J connectivity index is 0. The van der Waals surface area contributed by atoms with Gasteiger partial charge in [-0.15, -0.1) is 0 Å². The van der Waals surface area contributed by atoms with Crippen LogP contribution in [-0.4, -0.2) is 93.2 Å². The van der Waals surface area contributed by atoms with E-state index in [-0.39, 0.29) is 62.1 Å². The van der Waals surface area contributed by atoms with Crippen molar-refractivity contribution in [3.05, 3.63) is 0 Å². The third-order valence-corrected chi connectivity index (χ3v) is 1.47. The first-order chi connectivity index (χ1) is 6.77. The van der Waals surface area contributed by atoms with Crippen molar-refractivity contribution in [1.82, 2.24) is 0 Å². The molecule has 0 bridgehead atoms. The summed E-state index contributed by atoms with van der Waals surface area (Å²) in [5.41, 5.74) is 0. The van der Waals surface area contributed by atoms with Gasteiger partial charge in [-0.05, 0) is 6.42 Å². The maximum absolute atomic E-state index is 9.90. The second-order valence-electron chi connectivity index (χ2n) is 2.69. The molecule has 5 nitrogen and oxygen atoms in total. The molecule has 0 aromatic rings. The first kappa shape index (κ1) is 18.1. The van der Waals surface area contributed by atoms with E-state index < -0.39 is 6.16 Å². The van der Waals surface area contributed by atoms with Crippen LogP contribution in [0.3, 0.4) is 0 Å². The van der Waals surface area contributed by atoms with Gasteiger partial charge in [-0.3, -0.25) is 0 Å². The monoisotopic (exact) mass is 346 g/mol. The fraction of sp³-hybridized carbons (Fsp3) is 0.889. The van der Waals surface area contributed by atoms with E-state index in [4.69, 9.17) is 14.6 Å². The molecular weight excluding hydrogens is 325 g/mol. The van der Waals surface area contributed by atoms with Crippen molar-refractivity contribution in [1.29, 1.82) is 0 Å². The number of unbranched alkanes of at least 4 members (excludes halogenated alkanes) is 1. The minimum atomic E-state index is -1.27. The molecule has 0 aliphatic rings. The Morgan fingerprint density at radius 2 is 1.60 bits per heavy atom. The van der Waals surface area contributed by atoms with Gasteiger partial charge >= 0.3 is 55.0 Å². The van der Waals surface area contributed by atoms with Gasteiger partial charge < -0.3 is 19.3 Å². The van der Waals surface area contributed by atoms with E-state index in [1.165, 1.54) is 0 Å². The molecule has 0 atom stereocenters. The molecule has 15 heavy (non-hydrogen) atoms. The summed E-state index contributed by atoms with van der Waals surface area (Å²) < 4.78 is 14.5. The second kappa shape index (κ2) is 14.8. The second-order valence-corrected chi connectivity index (χ2v) is 2.69. The molecule has 0 saturated carbocycles. The molecule has 0 rings (SSSR count). The summed E-state index contributed by atoms with van der Waals surface area (Å²) in [7, 11) is 0. The van der Waals surface area contributed by atoms with Gasteiger partial charge in [0, 0.05) is 6.61 Å². The van der Waals surface area contributed by atoms with Gasteiger partial charge in [-0.25, -0.2) is 4.79 Å². The molecule has 0 fully saturated rings. The zero-order valence-corrected chi connectivity index (χ0v) is 8.53. The summed E-state index contributed by atoms with van der Waals surface area (Å²) in [6, 6.07) is 0. The fourth-order valence-corrected chi connectivity index (χ4v) is 0.756. The molecule has 88 valence electrons. The van der Waals surface area contributed by atoms with E-state index >= 15 is 0 Å². The predicted octanol–water partition coefficient (Wildman–Crippen LogP) is 0.598. The Hall–Kier alpha value is 0.761. The molecule has 0 spiro atoms. The van der Waals surface area contributed by atoms with E-state index in [0.29, 0.717) is 13.2 Å². The first-order valence-corrected chi connectivity index (χ1v) is 4.78. The van der Waals surface area contributed by atoms with Crippen LogP contribution in [0.2, 0.25) is 0 Å². The van der Waals surface area contributed by atoms with Crippen LogP contribution in [0.5, 0.6) is 0 Å². The maximum atomic E-state index is 9.90. The molecule has 0 aliphatic carbocycles. The van der Waals surface area contributed by atoms with E-state index in [1.54, 1.807) is 0 Å². The number of carboxylic acid groups (broad SMARTS) is 1. The number of hydrogen-bond acceptors (Lipinski definition) is 4. The van der Waals surface area contributed by atoms with Gasteiger partial charge in [-0.2, -0.15) is 0 Å². The minimum absolute atomic E-state index is 0. The third kappa shape index (κ3) is 17.4. The number of rotatable bonds is 9. The predicted molar refractivity (Wildman–Crippen MR) is 59.1 cm³/mol. The average Bonchev–Trinajstić information content (AvgIpc) is 2.15. The summed E-state index contributed by atoms with van der Waals surface area (Å²) >= 11 is 0. The zero-order valence-electron chi connectivity index (χ0n) is 8.53. The van der Waals surface area contributed by atoms with Crippen molar-refractivity contribution in [2.24, 2.45) is 0 Å². The normalized spacial score (nSPS) is 9.40. The van der Waals surface area contributed by atoms with Crippen LogP contribution in [0.15, 0.2) is 0 Å². The summed E-state index contributed by atoms with van der Waals surface area (Å²) in [4.78, 5) is 9.90. The number of carbonyl (C=O) groups is 1. The van der Waals surface area contributed by atoms with E-state index in [0.717, 1.165) is 19.4 Å². The van der Waals surface area contributed by atoms with Gasteiger partial charge in [-0.1, -0.05) is 13.3 Å². The molecule has 0 unspecified atom stereocenters. The first-order valence-electron chi connectivity index (χ1n) is 4.78. The number of ether oxygens (including phenoxy) is 3. The van der Waals surface area contributed by atoms with Gasteiger partial charge in [0.05, 0.1) is 19.8 Å². The van der Waals surface area contributed by atoms with Crippen LogP contribution in [-0.2, 0) is 14.2 Å². The van der Waals surface area contributed by atoms with Gasteiger partial charge in [0.1, 0.15) is 6.61 Å². The quantitative estimate of drug-likeness (QED) is 0.377. The SMILES string of the molecule is CCCCOCCOCCOC(=O)O.[BaH2]. The van der Waals surface area contributed by atoms with Gasteiger partial charge in [0.2, 0.25) is 0 Å². The van der Waals surface area contributed by atoms with Crippen LogP contribution >= 0.6 is 0 Å². The summed E-state index contributed by atoms with van der Waals surface area (Å²) in [6.45, 7) is 4.24. The van der Waals surface area contributed by atoms with Crippen molar-refractivity contribution in [3.8, 4) is 0 Å². The Labute approximate surface area is 131 Å². The van der Waals surface area contributed by atoms with Crippen LogP contribution in [0.1, 0.15) is 19.8 Å². The molecule has 0 radical (unpaired) electrons. The molecule has 0 saturated heterocycles. The Morgan fingerprint density at radius 1 is 1.07 bits per heavy atom. The summed E-state index contributed by atoms with van der Waals surface area (Å²) in [6.07, 6.45) is 0.905. The molecule has 0 amide bonds. The van der Waals surface area contributed by atoms with Crippen molar-refractivity contribution in [2.45, 2.75) is 19.8 Å². The summed E-state index contributed by atoms with van der Waals surface area (Å²) in [5, 5.41) is 8.11. The third-order valence-electron chi connectivity index (χ3n) is 1.47. The molecule has 0 aromatic carbocycles.